The summed E-state index contributed by atoms with van der Waals surface area (Å²) in [5, 5.41) is 7.37. The van der Waals surface area contributed by atoms with Gasteiger partial charge in [-0.3, -0.25) is 19.9 Å². The lowest BCUT2D eigenvalue weighted by Gasteiger charge is -2.16. The maximum absolute atomic E-state index is 13.5. The number of hydrogen-bond acceptors (Lipinski definition) is 6. The van der Waals surface area contributed by atoms with Gasteiger partial charge in [-0.05, 0) is 56.0 Å². The van der Waals surface area contributed by atoms with Crippen LogP contribution in [-0.4, -0.2) is 61.7 Å². The maximum Gasteiger partial charge on any atom is 0.258 e. The first-order chi connectivity index (χ1) is 17.7. The van der Waals surface area contributed by atoms with Crippen molar-refractivity contribution in [3.63, 3.8) is 0 Å². The molecule has 4 aromatic rings. The van der Waals surface area contributed by atoms with Crippen molar-refractivity contribution in [1.82, 2.24) is 29.2 Å². The Hall–Kier alpha value is -4.21. The number of nitrogens with zero attached hydrogens (tertiary/aromatic N) is 6. The van der Waals surface area contributed by atoms with Gasteiger partial charge in [0.15, 0.2) is 0 Å². The van der Waals surface area contributed by atoms with Crippen molar-refractivity contribution < 1.29 is 14.3 Å². The van der Waals surface area contributed by atoms with Crippen molar-refractivity contribution in [2.45, 2.75) is 33.2 Å². The van der Waals surface area contributed by atoms with E-state index in [0.29, 0.717) is 53.0 Å². The minimum Gasteiger partial charge on any atom is -0.477 e. The molecule has 4 heterocycles. The molecule has 0 radical (unpaired) electrons. The molecular formula is C27H31N7O3. The summed E-state index contributed by atoms with van der Waals surface area (Å²) in [5.41, 5.74) is 4.63. The number of carbonyl (C=O) groups excluding carboxylic acids is 2. The van der Waals surface area contributed by atoms with E-state index in [1.807, 2.05) is 30.7 Å². The van der Waals surface area contributed by atoms with E-state index in [0.717, 1.165) is 23.9 Å². The van der Waals surface area contributed by atoms with Crippen molar-refractivity contribution in [2.24, 2.45) is 13.0 Å². The standard InChI is InChI=1S/C27H31N7O3/c1-16-7-6-10-37-26-20(14-28-33(26)5)22-12-19(11-17(2)29-22)24(35)31-27-30-21-9-8-18(25(36)32(3)4)13-23(21)34(27)15-16/h8-9,11-14,16H,6-7,10,15H2,1-5H3,(H,30,31,35)/t16-/m1/s1. The third-order valence-electron chi connectivity index (χ3n) is 6.58. The van der Waals surface area contributed by atoms with Crippen LogP contribution in [0.15, 0.2) is 36.5 Å². The molecule has 2 bridgehead atoms. The molecule has 1 aromatic carbocycles. The second-order valence-corrected chi connectivity index (χ2v) is 9.87. The summed E-state index contributed by atoms with van der Waals surface area (Å²) >= 11 is 0. The Balaban J connectivity index is 1.61. The fourth-order valence-electron chi connectivity index (χ4n) is 4.68. The second kappa shape index (κ2) is 9.68. The van der Waals surface area contributed by atoms with Crippen molar-refractivity contribution in [3.8, 4) is 17.1 Å². The van der Waals surface area contributed by atoms with E-state index in [1.54, 1.807) is 48.1 Å². The highest BCUT2D eigenvalue weighted by Crippen LogP contribution is 2.30. The third-order valence-corrected chi connectivity index (χ3v) is 6.58. The van der Waals surface area contributed by atoms with Gasteiger partial charge in [-0.15, -0.1) is 0 Å². The van der Waals surface area contributed by atoms with Crippen LogP contribution in [0, 0.1) is 12.8 Å². The highest BCUT2D eigenvalue weighted by atomic mass is 16.5. The fraction of sp³-hybridized carbons (Fsp3) is 0.370. The van der Waals surface area contributed by atoms with E-state index >= 15 is 0 Å². The van der Waals surface area contributed by atoms with Crippen LogP contribution in [0.2, 0.25) is 0 Å². The summed E-state index contributed by atoms with van der Waals surface area (Å²) in [6.07, 6.45) is 3.46. The maximum atomic E-state index is 13.5. The van der Waals surface area contributed by atoms with Crippen LogP contribution in [-0.2, 0) is 13.6 Å². The molecule has 1 aliphatic heterocycles. The first-order valence-electron chi connectivity index (χ1n) is 12.4. The second-order valence-electron chi connectivity index (χ2n) is 9.87. The molecule has 5 rings (SSSR count). The van der Waals surface area contributed by atoms with E-state index < -0.39 is 0 Å². The summed E-state index contributed by atoms with van der Waals surface area (Å²) in [7, 11) is 5.29. The van der Waals surface area contributed by atoms with Gasteiger partial charge in [0.2, 0.25) is 11.8 Å². The van der Waals surface area contributed by atoms with E-state index in [1.165, 1.54) is 0 Å². The van der Waals surface area contributed by atoms with Crippen LogP contribution in [0.3, 0.4) is 0 Å². The number of fused-ring (bicyclic) bond motifs is 7. The Kier molecular flexibility index (Phi) is 6.41. The van der Waals surface area contributed by atoms with Crippen LogP contribution in [0.5, 0.6) is 5.88 Å². The van der Waals surface area contributed by atoms with Gasteiger partial charge in [0, 0.05) is 44.5 Å². The molecule has 0 unspecified atom stereocenters. The molecule has 0 fully saturated rings. The van der Waals surface area contributed by atoms with E-state index in [4.69, 9.17) is 9.72 Å². The van der Waals surface area contributed by atoms with E-state index in [9.17, 15) is 9.59 Å². The largest absolute Gasteiger partial charge is 0.477 e. The zero-order valence-corrected chi connectivity index (χ0v) is 21.8. The lowest BCUT2D eigenvalue weighted by molar-refractivity contribution is 0.0827. The molecule has 10 heteroatoms. The molecule has 3 aromatic heterocycles. The highest BCUT2D eigenvalue weighted by Gasteiger charge is 2.21. The van der Waals surface area contributed by atoms with Crippen molar-refractivity contribution >= 4 is 28.8 Å². The highest BCUT2D eigenvalue weighted by molar-refractivity contribution is 6.05. The monoisotopic (exact) mass is 501 g/mol. The fourth-order valence-corrected chi connectivity index (χ4v) is 4.68. The topological polar surface area (TPSA) is 107 Å². The van der Waals surface area contributed by atoms with E-state index in [2.05, 4.69) is 22.3 Å². The Bertz CT molecular complexity index is 1500. The number of carbonyl (C=O) groups is 2. The summed E-state index contributed by atoms with van der Waals surface area (Å²) in [4.78, 5) is 37.0. The molecule has 2 amide bonds. The molecule has 1 atom stereocenters. The normalized spacial score (nSPS) is 16.1. The lowest BCUT2D eigenvalue weighted by Crippen LogP contribution is -2.21. The zero-order valence-electron chi connectivity index (χ0n) is 21.8. The van der Waals surface area contributed by atoms with Crippen LogP contribution in [0.25, 0.3) is 22.3 Å². The van der Waals surface area contributed by atoms with Crippen molar-refractivity contribution in [3.05, 3.63) is 53.3 Å². The van der Waals surface area contributed by atoms with Gasteiger partial charge in [-0.2, -0.15) is 5.10 Å². The van der Waals surface area contributed by atoms with Gasteiger partial charge in [0.05, 0.1) is 35.1 Å². The molecule has 10 nitrogen and oxygen atoms in total. The average Bonchev–Trinajstić information content (AvgIpc) is 3.39. The summed E-state index contributed by atoms with van der Waals surface area (Å²) < 4.78 is 9.82. The summed E-state index contributed by atoms with van der Waals surface area (Å²) in [6.45, 7) is 5.18. The number of aryl methyl sites for hydroxylation is 2. The van der Waals surface area contributed by atoms with Crippen LogP contribution in [0.1, 0.15) is 46.2 Å². The third kappa shape index (κ3) is 4.78. The van der Waals surface area contributed by atoms with Crippen LogP contribution in [0.4, 0.5) is 5.95 Å². The van der Waals surface area contributed by atoms with Crippen LogP contribution >= 0.6 is 0 Å². The Morgan fingerprint density at radius 2 is 2.00 bits per heavy atom. The summed E-state index contributed by atoms with van der Waals surface area (Å²) in [6, 6.07) is 8.94. The SMILES string of the molecule is Cc1cc2cc(n1)-c1cnn(C)c1OCCC[C@@H](C)Cn1c(nc3ccc(C(=O)N(C)C)cc31)NC2=O. The van der Waals surface area contributed by atoms with Gasteiger partial charge in [0.25, 0.3) is 11.8 Å². The number of nitrogens with one attached hydrogen (secondary N) is 1. The van der Waals surface area contributed by atoms with E-state index in [-0.39, 0.29) is 17.7 Å². The molecule has 0 aliphatic carbocycles. The number of aromatic nitrogens is 5. The minimum atomic E-state index is -0.290. The Labute approximate surface area is 215 Å². The first kappa shape index (κ1) is 24.5. The number of pyridine rings is 1. The molecule has 1 aliphatic rings. The first-order valence-corrected chi connectivity index (χ1v) is 12.4. The molecular weight excluding hydrogens is 470 g/mol. The average molecular weight is 502 g/mol. The number of ether oxygens (including phenoxy) is 1. The molecule has 1 N–H and O–H groups in total. The van der Waals surface area contributed by atoms with Gasteiger partial charge in [-0.1, -0.05) is 6.92 Å². The number of amides is 2. The number of benzene rings is 1. The molecule has 0 saturated carbocycles. The summed E-state index contributed by atoms with van der Waals surface area (Å²) in [5.74, 6) is 0.972. The zero-order chi connectivity index (χ0) is 26.3. The Morgan fingerprint density at radius 1 is 1.19 bits per heavy atom. The predicted octanol–water partition coefficient (Wildman–Crippen LogP) is 3.90. The number of anilines is 1. The van der Waals surface area contributed by atoms with Crippen molar-refractivity contribution in [2.75, 3.05) is 26.0 Å². The Morgan fingerprint density at radius 3 is 2.78 bits per heavy atom. The lowest BCUT2D eigenvalue weighted by atomic mass is 10.1. The predicted molar refractivity (Wildman–Crippen MR) is 141 cm³/mol. The van der Waals surface area contributed by atoms with Crippen molar-refractivity contribution in [1.29, 1.82) is 0 Å². The molecule has 192 valence electrons. The number of imidazole rings is 1. The molecule has 0 saturated heterocycles. The van der Waals surface area contributed by atoms with Gasteiger partial charge in [-0.25, -0.2) is 9.67 Å². The smallest absolute Gasteiger partial charge is 0.258 e. The minimum absolute atomic E-state index is 0.0855. The van der Waals surface area contributed by atoms with Gasteiger partial charge < -0.3 is 14.2 Å². The molecule has 37 heavy (non-hydrogen) atoms. The van der Waals surface area contributed by atoms with Crippen LogP contribution < -0.4 is 10.1 Å². The number of hydrogen-bond donors (Lipinski definition) is 1. The van der Waals surface area contributed by atoms with Gasteiger partial charge in [0.1, 0.15) is 0 Å². The van der Waals surface area contributed by atoms with Gasteiger partial charge >= 0.3 is 0 Å². The number of rotatable bonds is 1. The quantitative estimate of drug-likeness (QED) is 0.424. The molecule has 0 spiro atoms.